The lowest BCUT2D eigenvalue weighted by Gasteiger charge is -2.31. The van der Waals surface area contributed by atoms with Gasteiger partial charge in [0.25, 0.3) is 0 Å². The fraction of sp³-hybridized carbons (Fsp3) is 0.714. The van der Waals surface area contributed by atoms with E-state index in [1.54, 1.807) is 6.92 Å². The smallest absolute Gasteiger partial charge is 0.378 e. The van der Waals surface area contributed by atoms with Crippen LogP contribution in [-0.4, -0.2) is 40.7 Å². The first-order valence-corrected chi connectivity index (χ1v) is 7.13. The molecule has 1 saturated heterocycles. The van der Waals surface area contributed by atoms with E-state index in [0.29, 0.717) is 18.3 Å². The highest BCUT2D eigenvalue weighted by Crippen LogP contribution is 2.26. The third-order valence-electron chi connectivity index (χ3n) is 3.67. The molecule has 4 nitrogen and oxygen atoms in total. The van der Waals surface area contributed by atoms with Crippen molar-refractivity contribution in [1.29, 1.82) is 0 Å². The van der Waals surface area contributed by atoms with Gasteiger partial charge in [-0.3, -0.25) is 4.90 Å². The number of halogens is 3. The Morgan fingerprint density at radius 1 is 1.33 bits per heavy atom. The molecule has 0 saturated carbocycles. The maximum atomic E-state index is 12.5. The first kappa shape index (κ1) is 16.2. The van der Waals surface area contributed by atoms with E-state index in [9.17, 15) is 13.2 Å². The van der Waals surface area contributed by atoms with Gasteiger partial charge in [-0.1, -0.05) is 0 Å². The second-order valence-corrected chi connectivity index (χ2v) is 5.23. The van der Waals surface area contributed by atoms with Crippen molar-refractivity contribution < 1.29 is 17.9 Å². The Hall–Kier alpha value is -1.21. The van der Waals surface area contributed by atoms with Crippen LogP contribution >= 0.6 is 0 Å². The number of aromatic nitrogens is 2. The van der Waals surface area contributed by atoms with Crippen LogP contribution < -0.4 is 0 Å². The fourth-order valence-electron chi connectivity index (χ4n) is 2.49. The van der Waals surface area contributed by atoms with Crippen LogP contribution in [0.5, 0.6) is 0 Å². The molecule has 2 rings (SSSR count). The molecule has 0 aromatic carbocycles. The van der Waals surface area contributed by atoms with Crippen LogP contribution in [0.3, 0.4) is 0 Å². The third-order valence-corrected chi connectivity index (χ3v) is 3.67. The first-order valence-electron chi connectivity index (χ1n) is 7.13. The second-order valence-electron chi connectivity index (χ2n) is 5.23. The average molecular weight is 303 g/mol. The van der Waals surface area contributed by atoms with Gasteiger partial charge in [0.15, 0.2) is 0 Å². The maximum absolute atomic E-state index is 12.5. The van der Waals surface area contributed by atoms with Crippen molar-refractivity contribution in [2.24, 2.45) is 0 Å². The van der Waals surface area contributed by atoms with Crippen LogP contribution in [0.1, 0.15) is 36.8 Å². The van der Waals surface area contributed by atoms with Gasteiger partial charge < -0.3 is 4.74 Å². The highest BCUT2D eigenvalue weighted by molar-refractivity contribution is 5.17. The number of aryl methyl sites for hydroxylation is 1. The van der Waals surface area contributed by atoms with E-state index < -0.39 is 12.0 Å². The number of hydrogen-bond donors (Lipinski definition) is 0. The van der Waals surface area contributed by atoms with Gasteiger partial charge >= 0.3 is 6.18 Å². The molecule has 0 unspecified atom stereocenters. The Morgan fingerprint density at radius 2 is 2.00 bits per heavy atom. The molecule has 1 aliphatic heterocycles. The number of hydrogen-bond acceptors (Lipinski definition) is 4. The van der Waals surface area contributed by atoms with E-state index in [2.05, 4.69) is 14.9 Å². The summed E-state index contributed by atoms with van der Waals surface area (Å²) in [6.07, 6.45) is -0.988. The number of piperidine rings is 1. The van der Waals surface area contributed by atoms with Crippen molar-refractivity contribution in [1.82, 2.24) is 14.9 Å². The van der Waals surface area contributed by atoms with Crippen LogP contribution in [0.15, 0.2) is 6.20 Å². The zero-order valence-electron chi connectivity index (χ0n) is 12.3. The minimum Gasteiger partial charge on any atom is -0.378 e. The summed E-state index contributed by atoms with van der Waals surface area (Å²) >= 11 is 0. The largest absolute Gasteiger partial charge is 0.451 e. The topological polar surface area (TPSA) is 38.2 Å². The molecule has 0 spiro atoms. The van der Waals surface area contributed by atoms with E-state index in [-0.39, 0.29) is 0 Å². The van der Waals surface area contributed by atoms with Gasteiger partial charge in [0.2, 0.25) is 5.82 Å². The third kappa shape index (κ3) is 4.38. The van der Waals surface area contributed by atoms with Gasteiger partial charge in [0.05, 0.1) is 6.10 Å². The Kier molecular flexibility index (Phi) is 5.16. The van der Waals surface area contributed by atoms with Gasteiger partial charge in [-0.05, 0) is 26.7 Å². The number of alkyl halides is 3. The molecule has 2 heterocycles. The Bertz CT molecular complexity index is 471. The summed E-state index contributed by atoms with van der Waals surface area (Å²) in [5, 5.41) is 0. The van der Waals surface area contributed by atoms with Crippen LogP contribution in [0, 0.1) is 6.92 Å². The molecule has 0 radical (unpaired) electrons. The molecular formula is C14H20F3N3O. The van der Waals surface area contributed by atoms with E-state index in [0.717, 1.165) is 38.1 Å². The average Bonchev–Trinajstić information content (AvgIpc) is 2.42. The number of ether oxygens (including phenoxy) is 1. The van der Waals surface area contributed by atoms with Gasteiger partial charge in [-0.2, -0.15) is 13.2 Å². The summed E-state index contributed by atoms with van der Waals surface area (Å²) in [5.41, 5.74) is 1.14. The van der Waals surface area contributed by atoms with Crippen molar-refractivity contribution in [2.45, 2.75) is 45.5 Å². The van der Waals surface area contributed by atoms with Gasteiger partial charge in [-0.15, -0.1) is 0 Å². The highest BCUT2D eigenvalue weighted by atomic mass is 19.4. The standard InChI is InChI=1S/C14H20F3N3O/c1-3-21-12-4-6-20(7-5-12)9-11-8-18-13(14(15,16)17)19-10(11)2/h8,12H,3-7,9H2,1-2H3. The maximum Gasteiger partial charge on any atom is 0.451 e. The number of rotatable bonds is 4. The molecule has 7 heteroatoms. The predicted octanol–water partition coefficient (Wildman–Crippen LogP) is 2.80. The molecule has 1 aliphatic rings. The summed E-state index contributed by atoms with van der Waals surface area (Å²) in [6, 6.07) is 0. The molecule has 1 aromatic rings. The molecule has 0 aliphatic carbocycles. The van der Waals surface area contributed by atoms with Gasteiger partial charge in [0.1, 0.15) is 0 Å². The molecule has 1 aromatic heterocycles. The van der Waals surface area contributed by atoms with Crippen molar-refractivity contribution in [3.63, 3.8) is 0 Å². The monoisotopic (exact) mass is 303 g/mol. The minimum atomic E-state index is -4.49. The van der Waals surface area contributed by atoms with Crippen molar-refractivity contribution in [2.75, 3.05) is 19.7 Å². The zero-order chi connectivity index (χ0) is 15.5. The van der Waals surface area contributed by atoms with Crippen LogP contribution in [0.25, 0.3) is 0 Å². The van der Waals surface area contributed by atoms with Crippen LogP contribution in [0.2, 0.25) is 0 Å². The molecule has 0 N–H and O–H groups in total. The molecule has 0 bridgehead atoms. The number of likely N-dealkylation sites (tertiary alicyclic amines) is 1. The quantitative estimate of drug-likeness (QED) is 0.857. The molecule has 0 amide bonds. The van der Waals surface area contributed by atoms with E-state index in [1.807, 2.05) is 6.92 Å². The van der Waals surface area contributed by atoms with Crippen molar-refractivity contribution >= 4 is 0 Å². The Labute approximate surface area is 122 Å². The van der Waals surface area contributed by atoms with Gasteiger partial charge in [-0.25, -0.2) is 9.97 Å². The van der Waals surface area contributed by atoms with Crippen molar-refractivity contribution in [3.05, 3.63) is 23.3 Å². The Balaban J connectivity index is 1.95. The lowest BCUT2D eigenvalue weighted by atomic mass is 10.1. The van der Waals surface area contributed by atoms with Crippen LogP contribution in [-0.2, 0) is 17.5 Å². The number of nitrogens with zero attached hydrogens (tertiary/aromatic N) is 3. The zero-order valence-corrected chi connectivity index (χ0v) is 12.3. The summed E-state index contributed by atoms with van der Waals surface area (Å²) in [5.74, 6) is -1.07. The van der Waals surface area contributed by atoms with E-state index >= 15 is 0 Å². The lowest BCUT2D eigenvalue weighted by Crippen LogP contribution is -2.36. The lowest BCUT2D eigenvalue weighted by molar-refractivity contribution is -0.145. The second kappa shape index (κ2) is 6.70. The van der Waals surface area contributed by atoms with Crippen LogP contribution in [0.4, 0.5) is 13.2 Å². The molecular weight excluding hydrogens is 283 g/mol. The SMILES string of the molecule is CCOC1CCN(Cc2cnc(C(F)(F)F)nc2C)CC1. The Morgan fingerprint density at radius 3 is 2.52 bits per heavy atom. The summed E-state index contributed by atoms with van der Waals surface area (Å²) in [4.78, 5) is 9.20. The fourth-order valence-corrected chi connectivity index (χ4v) is 2.49. The summed E-state index contributed by atoms with van der Waals surface area (Å²) in [6.45, 7) is 6.64. The van der Waals surface area contributed by atoms with Crippen molar-refractivity contribution in [3.8, 4) is 0 Å². The van der Waals surface area contributed by atoms with E-state index in [1.165, 1.54) is 6.20 Å². The van der Waals surface area contributed by atoms with Gasteiger partial charge in [0, 0.05) is 43.7 Å². The summed E-state index contributed by atoms with van der Waals surface area (Å²) in [7, 11) is 0. The summed E-state index contributed by atoms with van der Waals surface area (Å²) < 4.78 is 43.2. The van der Waals surface area contributed by atoms with E-state index in [4.69, 9.17) is 4.74 Å². The minimum absolute atomic E-state index is 0.302. The molecule has 21 heavy (non-hydrogen) atoms. The molecule has 118 valence electrons. The first-order chi connectivity index (χ1) is 9.90. The molecule has 0 atom stereocenters. The highest BCUT2D eigenvalue weighted by Gasteiger charge is 2.35. The normalized spacial score (nSPS) is 18.1. The molecule has 1 fully saturated rings. The predicted molar refractivity (Wildman–Crippen MR) is 71.7 cm³/mol.